The molecular formula is C12H18OSi. The van der Waals surface area contributed by atoms with Gasteiger partial charge in [-0.2, -0.15) is 0 Å². The molecule has 14 heavy (non-hydrogen) atoms. The van der Waals surface area contributed by atoms with Gasteiger partial charge in [0.25, 0.3) is 0 Å². The summed E-state index contributed by atoms with van der Waals surface area (Å²) in [5, 5.41) is 1.43. The van der Waals surface area contributed by atoms with E-state index in [-0.39, 0.29) is 0 Å². The summed E-state index contributed by atoms with van der Waals surface area (Å²) >= 11 is 0. The topological polar surface area (TPSA) is 9.23 Å². The van der Waals surface area contributed by atoms with Gasteiger partial charge >= 0.3 is 0 Å². The van der Waals surface area contributed by atoms with E-state index in [1.54, 1.807) is 0 Å². The van der Waals surface area contributed by atoms with Crippen LogP contribution in [0.2, 0.25) is 0 Å². The Kier molecular flexibility index (Phi) is 5.26. The van der Waals surface area contributed by atoms with E-state index >= 15 is 0 Å². The van der Waals surface area contributed by atoms with E-state index in [0.717, 1.165) is 29.9 Å². The van der Waals surface area contributed by atoms with Gasteiger partial charge in [0.05, 0.1) is 13.2 Å². The lowest BCUT2D eigenvalue weighted by molar-refractivity contribution is 0.125. The van der Waals surface area contributed by atoms with Crippen LogP contribution < -0.4 is 5.19 Å². The summed E-state index contributed by atoms with van der Waals surface area (Å²) in [6.45, 7) is 3.59. The zero-order valence-corrected chi connectivity index (χ0v) is 11.0. The highest BCUT2D eigenvalue weighted by atomic mass is 28.1. The van der Waals surface area contributed by atoms with Crippen LogP contribution in [-0.4, -0.2) is 16.8 Å². The summed E-state index contributed by atoms with van der Waals surface area (Å²) in [7, 11) is 1.12. The van der Waals surface area contributed by atoms with E-state index in [1.807, 2.05) is 6.92 Å². The molecule has 0 saturated carbocycles. The highest BCUT2D eigenvalue weighted by Crippen LogP contribution is 1.99. The zero-order chi connectivity index (χ0) is 10.2. The fourth-order valence-electron chi connectivity index (χ4n) is 1.31. The van der Waals surface area contributed by atoms with Crippen molar-refractivity contribution in [1.82, 2.24) is 0 Å². The molecule has 0 N–H and O–H groups in total. The molecule has 0 aliphatic rings. The lowest BCUT2D eigenvalue weighted by Crippen LogP contribution is -2.03. The molecule has 76 valence electrons. The summed E-state index contributed by atoms with van der Waals surface area (Å²) in [5.41, 5.74) is 1.29. The van der Waals surface area contributed by atoms with E-state index in [1.165, 1.54) is 10.8 Å². The molecule has 0 amide bonds. The molecule has 0 aliphatic carbocycles. The average molecular weight is 206 g/mol. The minimum Gasteiger partial charge on any atom is -0.376 e. The Labute approximate surface area is 89.2 Å². The molecule has 0 aromatic heterocycles. The van der Waals surface area contributed by atoms with Gasteiger partial charge in [0.2, 0.25) is 0 Å². The minimum atomic E-state index is 0.744. The number of rotatable bonds is 5. The molecule has 0 radical (unpaired) electrons. The fraction of sp³-hybridized carbons (Fsp3) is 0.333. The van der Waals surface area contributed by atoms with Crippen molar-refractivity contribution in [3.63, 3.8) is 0 Å². The summed E-state index contributed by atoms with van der Waals surface area (Å²) in [6, 6.07) is 8.61. The van der Waals surface area contributed by atoms with Gasteiger partial charge in [0, 0.05) is 10.2 Å². The lowest BCUT2D eigenvalue weighted by atomic mass is 10.2. The largest absolute Gasteiger partial charge is 0.376 e. The summed E-state index contributed by atoms with van der Waals surface area (Å²) in [5.74, 6) is 0. The standard InChI is InChI=1S/C12H18OSi/c1-2-3-4-8-13-10-11-6-5-7-12(14)9-11/h2-3,5-7,9H,4,8,10H2,1,14H3. The number of benzene rings is 1. The highest BCUT2D eigenvalue weighted by molar-refractivity contribution is 6.32. The molecule has 0 spiro atoms. The second-order valence-corrected chi connectivity index (χ2v) is 4.55. The first-order valence-corrected chi connectivity index (χ1v) is 6.07. The maximum atomic E-state index is 5.54. The van der Waals surface area contributed by atoms with Gasteiger partial charge in [-0.05, 0) is 18.9 Å². The first kappa shape index (κ1) is 11.2. The third-order valence-corrected chi connectivity index (χ3v) is 2.64. The van der Waals surface area contributed by atoms with Crippen LogP contribution >= 0.6 is 0 Å². The first-order chi connectivity index (χ1) is 6.83. The quantitative estimate of drug-likeness (QED) is 0.399. The van der Waals surface area contributed by atoms with E-state index in [4.69, 9.17) is 4.74 Å². The number of ether oxygens (including phenoxy) is 1. The van der Waals surface area contributed by atoms with E-state index in [0.29, 0.717) is 0 Å². The van der Waals surface area contributed by atoms with Crippen LogP contribution in [0.1, 0.15) is 18.9 Å². The lowest BCUT2D eigenvalue weighted by Gasteiger charge is -2.03. The second kappa shape index (κ2) is 6.57. The molecule has 1 rings (SSSR count). The SMILES string of the molecule is CC=CCCOCc1cccc([SiH3])c1. The summed E-state index contributed by atoms with van der Waals surface area (Å²) < 4.78 is 5.54. The van der Waals surface area contributed by atoms with Crippen molar-refractivity contribution in [1.29, 1.82) is 0 Å². The molecule has 1 nitrogen and oxygen atoms in total. The average Bonchev–Trinajstić information content (AvgIpc) is 2.18. The predicted octanol–water partition coefficient (Wildman–Crippen LogP) is 1.16. The molecule has 1 aromatic rings. The zero-order valence-electron chi connectivity index (χ0n) is 8.99. The summed E-state index contributed by atoms with van der Waals surface area (Å²) in [4.78, 5) is 0. The van der Waals surface area contributed by atoms with Crippen LogP contribution in [0, 0.1) is 0 Å². The molecule has 0 unspecified atom stereocenters. The van der Waals surface area contributed by atoms with Gasteiger partial charge < -0.3 is 4.74 Å². The Bertz CT molecular complexity index is 294. The van der Waals surface area contributed by atoms with Gasteiger partial charge in [-0.3, -0.25) is 0 Å². The van der Waals surface area contributed by atoms with Crippen molar-refractivity contribution >= 4 is 15.4 Å². The van der Waals surface area contributed by atoms with Crippen molar-refractivity contribution < 1.29 is 4.74 Å². The molecule has 1 aromatic carbocycles. The normalized spacial score (nSPS) is 11.2. The number of allylic oxidation sites excluding steroid dienone is 1. The van der Waals surface area contributed by atoms with E-state index in [2.05, 4.69) is 36.4 Å². The molecule has 0 heterocycles. The van der Waals surface area contributed by atoms with Gasteiger partial charge in [0.15, 0.2) is 0 Å². The van der Waals surface area contributed by atoms with Crippen LogP contribution in [0.3, 0.4) is 0 Å². The third kappa shape index (κ3) is 4.39. The van der Waals surface area contributed by atoms with Gasteiger partial charge in [-0.1, -0.05) is 41.6 Å². The van der Waals surface area contributed by atoms with Crippen LogP contribution in [0.25, 0.3) is 0 Å². The Morgan fingerprint density at radius 3 is 3.00 bits per heavy atom. The monoisotopic (exact) mass is 206 g/mol. The molecule has 0 bridgehead atoms. The maximum absolute atomic E-state index is 5.54. The maximum Gasteiger partial charge on any atom is 0.0716 e. The molecule has 0 atom stereocenters. The van der Waals surface area contributed by atoms with Crippen molar-refractivity contribution in [3.05, 3.63) is 42.0 Å². The predicted molar refractivity (Wildman–Crippen MR) is 65.1 cm³/mol. The van der Waals surface area contributed by atoms with Crippen LogP contribution in [0.4, 0.5) is 0 Å². The molecular weight excluding hydrogens is 188 g/mol. The smallest absolute Gasteiger partial charge is 0.0716 e. The minimum absolute atomic E-state index is 0.744. The Morgan fingerprint density at radius 2 is 2.29 bits per heavy atom. The van der Waals surface area contributed by atoms with Gasteiger partial charge in [-0.25, -0.2) is 0 Å². The van der Waals surface area contributed by atoms with E-state index in [9.17, 15) is 0 Å². The van der Waals surface area contributed by atoms with E-state index < -0.39 is 0 Å². The fourth-order valence-corrected chi connectivity index (χ4v) is 1.87. The summed E-state index contributed by atoms with van der Waals surface area (Å²) in [6.07, 6.45) is 5.20. The van der Waals surface area contributed by atoms with Crippen LogP contribution in [0.15, 0.2) is 36.4 Å². The number of hydrogen-bond acceptors (Lipinski definition) is 1. The molecule has 2 heteroatoms. The molecule has 0 saturated heterocycles. The second-order valence-electron chi connectivity index (χ2n) is 3.40. The van der Waals surface area contributed by atoms with Gasteiger partial charge in [-0.15, -0.1) is 0 Å². The van der Waals surface area contributed by atoms with Crippen LogP contribution in [0.5, 0.6) is 0 Å². The first-order valence-electron chi connectivity index (χ1n) is 5.07. The Balaban J connectivity index is 2.24. The Hall–Kier alpha value is -0.863. The molecule has 0 aliphatic heterocycles. The van der Waals surface area contributed by atoms with Crippen molar-refractivity contribution in [3.8, 4) is 0 Å². The van der Waals surface area contributed by atoms with Gasteiger partial charge in [0.1, 0.15) is 0 Å². The number of hydrogen-bond donors (Lipinski definition) is 0. The third-order valence-electron chi connectivity index (χ3n) is 2.02. The van der Waals surface area contributed by atoms with Crippen LogP contribution in [-0.2, 0) is 11.3 Å². The van der Waals surface area contributed by atoms with Crippen molar-refractivity contribution in [2.75, 3.05) is 6.61 Å². The van der Waals surface area contributed by atoms with Crippen molar-refractivity contribution in [2.45, 2.75) is 20.0 Å². The van der Waals surface area contributed by atoms with Crippen molar-refractivity contribution in [2.24, 2.45) is 0 Å². The molecule has 0 fully saturated rings. The highest BCUT2D eigenvalue weighted by Gasteiger charge is 1.92. The Morgan fingerprint density at radius 1 is 1.43 bits per heavy atom.